The first kappa shape index (κ1) is 81.4. The van der Waals surface area contributed by atoms with Crippen LogP contribution in [0.25, 0.3) is 84.6 Å². The van der Waals surface area contributed by atoms with E-state index in [9.17, 15) is 16.8 Å². The van der Waals surface area contributed by atoms with Crippen LogP contribution in [-0.2, 0) is 74.4 Å². The van der Waals surface area contributed by atoms with Gasteiger partial charge in [-0.3, -0.25) is 17.5 Å². The van der Waals surface area contributed by atoms with E-state index in [0.717, 1.165) is 67.2 Å². The zero-order chi connectivity index (χ0) is 82.9. The summed E-state index contributed by atoms with van der Waals surface area (Å²) in [5.74, 6) is 7.18. The number of imidazole rings is 3. The zero-order valence-corrected chi connectivity index (χ0v) is 71.7. The van der Waals surface area contributed by atoms with Gasteiger partial charge >= 0.3 is 0 Å². The predicted octanol–water partition coefficient (Wildman–Crippen LogP) is 8.06. The number of benzene rings is 1. The fourth-order valence-electron chi connectivity index (χ4n) is 16.9. The average molecular weight is 1670 g/mol. The molecule has 12 aromatic rings. The Morgan fingerprint density at radius 3 is 1.65 bits per heavy atom. The van der Waals surface area contributed by atoms with Crippen molar-refractivity contribution < 1.29 is 40.5 Å². The highest BCUT2D eigenvalue weighted by Crippen LogP contribution is 2.50. The molecule has 4 saturated heterocycles. The number of likely N-dealkylation sites (tertiary alicyclic amines) is 1. The lowest BCUT2D eigenvalue weighted by Gasteiger charge is -2.31. The fraction of sp³-hybridized carbons (Fsp3) is 0.575. The Bertz CT molecular complexity index is 5970. The van der Waals surface area contributed by atoms with E-state index < -0.39 is 24.8 Å². The minimum absolute atomic E-state index is 0.0114. The zero-order valence-electron chi connectivity index (χ0n) is 70.1. The van der Waals surface area contributed by atoms with Crippen LogP contribution in [0, 0.1) is 6.92 Å². The Hall–Kier alpha value is -10.00. The summed E-state index contributed by atoms with van der Waals surface area (Å²) < 4.78 is 99.5. The molecule has 11 aromatic heterocycles. The van der Waals surface area contributed by atoms with E-state index in [1.807, 2.05) is 105 Å². The van der Waals surface area contributed by atoms with Crippen LogP contribution in [0.5, 0.6) is 0 Å². The standard InChI is InChI=1S/C80H108N28O9S2/c1-48(2)83-71-77-95-92-53(9)104(77)44-62(88-71)76-89-57-38-56-63(108(49(3)4)119(111,112)80(56,10)11)39-66(57)107(76)51(7)47-115-31-20-68-94-97-79-73(84-54-16-21-98(12)22-17-54)87-61(46-106(68)79)75-91-59-43-82-70(100-27-34-114-35-28-100)41-65(59)103(75)30-37-117-52(8)14-15-67-93-96-78-72(85-55-18-23-101(24-19-55)118(13,109)110)86-60(45-105(67)78)74-90-58-42-81-69(99-25-32-113-33-26-99)40-64(58)102(74)29-36-116-50(5)6/h38-46,48-52,54-55H,14-37,47H2,1-13H3,(H,83,88)(H,84,87)(H,85,86). The van der Waals surface area contributed by atoms with E-state index in [2.05, 4.69) is 87.6 Å². The lowest BCUT2D eigenvalue weighted by atomic mass is 9.99. The maximum atomic E-state index is 14.3. The number of hydrogen-bond donors (Lipinski definition) is 3. The van der Waals surface area contributed by atoms with E-state index in [1.165, 1.54) is 10.6 Å². The molecular weight excluding hydrogens is 1560 g/mol. The molecule has 4 fully saturated rings. The van der Waals surface area contributed by atoms with Gasteiger partial charge in [0.2, 0.25) is 37.0 Å². The summed E-state index contributed by atoms with van der Waals surface area (Å²) in [5.41, 5.74) is 9.28. The molecule has 17 rings (SSSR count). The fourth-order valence-corrected chi connectivity index (χ4v) is 19.7. The third kappa shape index (κ3) is 16.2. The average Bonchev–Trinajstić information content (AvgIpc) is 1.54. The van der Waals surface area contributed by atoms with Crippen LogP contribution >= 0.6 is 0 Å². The van der Waals surface area contributed by atoms with Crippen molar-refractivity contribution >= 4 is 105 Å². The summed E-state index contributed by atoms with van der Waals surface area (Å²) in [6.45, 7) is 31.5. The maximum absolute atomic E-state index is 14.3. The van der Waals surface area contributed by atoms with Gasteiger partial charge < -0.3 is 68.0 Å². The molecule has 16 heterocycles. The van der Waals surface area contributed by atoms with Crippen molar-refractivity contribution in [2.75, 3.05) is 149 Å². The van der Waals surface area contributed by atoms with Crippen molar-refractivity contribution in [2.24, 2.45) is 0 Å². The second kappa shape index (κ2) is 33.2. The van der Waals surface area contributed by atoms with Crippen LogP contribution < -0.4 is 30.1 Å². The molecule has 2 unspecified atom stereocenters. The predicted molar refractivity (Wildman–Crippen MR) is 454 cm³/mol. The van der Waals surface area contributed by atoms with Gasteiger partial charge in [0.15, 0.2) is 34.9 Å². The molecule has 0 amide bonds. The molecule has 119 heavy (non-hydrogen) atoms. The molecule has 3 N–H and O–H groups in total. The van der Waals surface area contributed by atoms with Crippen LogP contribution in [0.3, 0.4) is 0 Å². The molecule has 37 nitrogen and oxygen atoms in total. The molecule has 5 aliphatic rings. The van der Waals surface area contributed by atoms with Crippen LogP contribution in [0.2, 0.25) is 0 Å². The summed E-state index contributed by atoms with van der Waals surface area (Å²) in [7, 11) is -5.00. The SMILES string of the molecule is Cc1nnc2c(NC(C)C)nc(-c3nc4cc5c(cc4n3C(C)COCCc3nnc4c(NC6CCN(C)CC6)nc(-c6nc7cnc(N8CCOCC8)cc7n6CCOC(C)CCc6nnc7c(NC8CCN(S(C)(=O)=O)CC8)nc(-c8nc9cnc(N%10CCOCC%10)cc9n8CCOC(C)C)cn67)cn34)N(C(C)C)S(=O)(=O)C5(C)C)cn12. The lowest BCUT2D eigenvalue weighted by molar-refractivity contribution is 0.0553. The van der Waals surface area contributed by atoms with Gasteiger partial charge in [-0.1, -0.05) is 0 Å². The van der Waals surface area contributed by atoms with Crippen molar-refractivity contribution in [3.05, 3.63) is 78.3 Å². The largest absolute Gasteiger partial charge is 0.379 e. The molecule has 0 aliphatic carbocycles. The number of morpholine rings is 2. The number of piperidine rings is 2. The minimum atomic E-state index is -3.78. The number of nitrogens with zero attached hydrogens (tertiary/aromatic N) is 25. The smallest absolute Gasteiger partial charge is 0.244 e. The van der Waals surface area contributed by atoms with Gasteiger partial charge in [0, 0.05) is 126 Å². The normalized spacial score (nSPS) is 18.0. The van der Waals surface area contributed by atoms with Crippen LogP contribution in [0.4, 0.5) is 34.8 Å². The van der Waals surface area contributed by atoms with E-state index in [-0.39, 0.29) is 55.6 Å². The number of nitrogens with one attached hydrogen (secondary N) is 3. The summed E-state index contributed by atoms with van der Waals surface area (Å²) in [6, 6.07) is 7.44. The highest BCUT2D eigenvalue weighted by Gasteiger charge is 2.51. The van der Waals surface area contributed by atoms with Crippen LogP contribution in [-0.4, -0.2) is 278 Å². The second-order valence-corrected chi connectivity index (χ2v) is 37.8. The highest BCUT2D eigenvalue weighted by molar-refractivity contribution is 7.94. The van der Waals surface area contributed by atoms with Gasteiger partial charge in [-0.2, -0.15) is 0 Å². The van der Waals surface area contributed by atoms with Crippen LogP contribution in [0.1, 0.15) is 130 Å². The second-order valence-electron chi connectivity index (χ2n) is 33.4. The number of aryl methyl sites for hydroxylation is 2. The molecule has 0 bridgehead atoms. The van der Waals surface area contributed by atoms with Gasteiger partial charge in [-0.15, -0.1) is 30.6 Å². The Kier molecular flexibility index (Phi) is 22.7. The molecular formula is C80H108N28O9S2. The number of anilines is 6. The quantitative estimate of drug-likeness (QED) is 0.0358. The van der Waals surface area contributed by atoms with Crippen molar-refractivity contribution in [1.29, 1.82) is 0 Å². The number of fused-ring (bicyclic) bond motifs is 7. The van der Waals surface area contributed by atoms with E-state index in [4.69, 9.17) is 84.0 Å². The van der Waals surface area contributed by atoms with Gasteiger partial charge in [0.05, 0.1) is 118 Å². The van der Waals surface area contributed by atoms with E-state index >= 15 is 0 Å². The molecule has 39 heteroatoms. The van der Waals surface area contributed by atoms with Crippen molar-refractivity contribution in [2.45, 2.75) is 181 Å². The van der Waals surface area contributed by atoms with Gasteiger partial charge in [-0.25, -0.2) is 61.0 Å². The van der Waals surface area contributed by atoms with E-state index in [1.54, 1.807) is 18.2 Å². The van der Waals surface area contributed by atoms with Gasteiger partial charge in [-0.05, 0) is 141 Å². The molecule has 2 atom stereocenters. The van der Waals surface area contributed by atoms with Crippen molar-refractivity contribution in [1.82, 2.24) is 107 Å². The summed E-state index contributed by atoms with van der Waals surface area (Å²) in [5, 5.41) is 39.2. The van der Waals surface area contributed by atoms with Crippen molar-refractivity contribution in [3.8, 4) is 34.6 Å². The first-order valence-electron chi connectivity index (χ1n) is 41.7. The van der Waals surface area contributed by atoms with Crippen LogP contribution in [0.15, 0.2) is 55.2 Å². The third-order valence-electron chi connectivity index (χ3n) is 23.4. The molecule has 5 aliphatic heterocycles. The molecule has 1 aromatic carbocycles. The number of ether oxygens (including phenoxy) is 5. The Morgan fingerprint density at radius 1 is 0.580 bits per heavy atom. The molecule has 0 saturated carbocycles. The monoisotopic (exact) mass is 1670 g/mol. The Labute approximate surface area is 691 Å². The number of aromatic nitrogens is 20. The number of rotatable bonds is 30. The van der Waals surface area contributed by atoms with Crippen molar-refractivity contribution in [3.63, 3.8) is 0 Å². The lowest BCUT2D eigenvalue weighted by Crippen LogP contribution is -2.42. The summed E-state index contributed by atoms with van der Waals surface area (Å²) in [6.07, 6.45) is 14.9. The first-order valence-corrected chi connectivity index (χ1v) is 45.0. The Morgan fingerprint density at radius 2 is 1.09 bits per heavy atom. The van der Waals surface area contributed by atoms with E-state index in [0.29, 0.717) is 225 Å². The minimum Gasteiger partial charge on any atom is -0.379 e. The summed E-state index contributed by atoms with van der Waals surface area (Å²) >= 11 is 0. The number of pyridine rings is 2. The van der Waals surface area contributed by atoms with Gasteiger partial charge in [0.1, 0.15) is 62.0 Å². The number of hydrogen-bond acceptors (Lipinski definition) is 29. The number of sulfonamides is 2. The molecule has 0 radical (unpaired) electrons. The van der Waals surface area contributed by atoms with Gasteiger partial charge in [0.25, 0.3) is 0 Å². The Balaban J connectivity index is 0.663. The topological polar surface area (TPSA) is 375 Å². The first-order chi connectivity index (χ1) is 57.2. The highest BCUT2D eigenvalue weighted by atomic mass is 32.2. The summed E-state index contributed by atoms with van der Waals surface area (Å²) in [4.78, 5) is 48.5. The maximum Gasteiger partial charge on any atom is 0.244 e. The molecule has 634 valence electrons. The third-order valence-corrected chi connectivity index (χ3v) is 27.4. The molecule has 0 spiro atoms.